The highest BCUT2D eigenvalue weighted by molar-refractivity contribution is 7.89. The molecule has 1 aromatic heterocycles. The second-order valence-corrected chi connectivity index (χ2v) is 8.08. The minimum atomic E-state index is -3.89. The van der Waals surface area contributed by atoms with Crippen molar-refractivity contribution in [3.63, 3.8) is 0 Å². The van der Waals surface area contributed by atoms with Crippen LogP contribution in [0, 0.1) is 13.8 Å². The summed E-state index contributed by atoms with van der Waals surface area (Å²) >= 11 is 0. The smallest absolute Gasteiger partial charge is 0.324 e. The Balaban J connectivity index is 2.01. The first-order valence-electron chi connectivity index (χ1n) is 8.52. The second kappa shape index (κ2) is 8.49. The maximum absolute atomic E-state index is 12.3. The molecule has 0 spiro atoms. The van der Waals surface area contributed by atoms with Crippen LogP contribution in [0.25, 0.3) is 0 Å². The predicted octanol–water partition coefficient (Wildman–Crippen LogP) is 1.93. The lowest BCUT2D eigenvalue weighted by molar-refractivity contribution is -0.144. The number of carbonyl (C=O) groups excluding carboxylic acids is 3. The molecule has 0 bridgehead atoms. The predicted molar refractivity (Wildman–Crippen MR) is 102 cm³/mol. The van der Waals surface area contributed by atoms with Crippen LogP contribution >= 0.6 is 0 Å². The van der Waals surface area contributed by atoms with Gasteiger partial charge in [0.25, 0.3) is 0 Å². The Morgan fingerprint density at radius 2 is 1.75 bits per heavy atom. The number of Topliss-reactive ketones (excluding diaryl/α,β-unsaturated/α-hetero) is 2. The molecule has 1 heterocycles. The molecule has 1 atom stereocenters. The lowest BCUT2D eigenvalue weighted by atomic mass is 10.1. The van der Waals surface area contributed by atoms with Crippen LogP contribution in [-0.4, -0.2) is 43.6 Å². The largest absolute Gasteiger partial charge is 0.456 e. The summed E-state index contributed by atoms with van der Waals surface area (Å²) in [6.45, 7) is 5.45. The molecule has 1 aromatic carbocycles. The third-order valence-corrected chi connectivity index (χ3v) is 5.71. The number of H-pyrrole nitrogens is 1. The summed E-state index contributed by atoms with van der Waals surface area (Å²) < 4.78 is 31.6. The highest BCUT2D eigenvalue weighted by atomic mass is 32.2. The zero-order valence-corrected chi connectivity index (χ0v) is 16.8. The van der Waals surface area contributed by atoms with Gasteiger partial charge in [0.1, 0.15) is 6.04 Å². The number of benzene rings is 1. The third-order valence-electron chi connectivity index (χ3n) is 4.15. The van der Waals surface area contributed by atoms with E-state index in [4.69, 9.17) is 4.74 Å². The van der Waals surface area contributed by atoms with Crippen LogP contribution in [0.1, 0.15) is 46.0 Å². The van der Waals surface area contributed by atoms with Crippen LogP contribution in [-0.2, 0) is 19.6 Å². The van der Waals surface area contributed by atoms with Gasteiger partial charge in [-0.2, -0.15) is 4.72 Å². The Hall–Kier alpha value is -2.78. The molecule has 2 N–H and O–H groups in total. The molecule has 0 amide bonds. The molecule has 1 unspecified atom stereocenters. The standard InChI is InChI=1S/C19H22N2O6S/c1-11-17(14(4)22)12(2)20-18(11)16(23)10-27-19(24)13(3)21-28(25,26)15-8-6-5-7-9-15/h5-9,13,20-21H,10H2,1-4H3. The minimum Gasteiger partial charge on any atom is -0.456 e. The first-order valence-corrected chi connectivity index (χ1v) is 10.00. The molecule has 8 nitrogen and oxygen atoms in total. The minimum absolute atomic E-state index is 0.0139. The second-order valence-electron chi connectivity index (χ2n) is 6.37. The first kappa shape index (κ1) is 21.5. The molecule has 2 aromatic rings. The number of aryl methyl sites for hydroxylation is 1. The Bertz CT molecular complexity index is 1010. The van der Waals surface area contributed by atoms with Gasteiger partial charge in [0, 0.05) is 11.3 Å². The third kappa shape index (κ3) is 4.73. The Kier molecular flexibility index (Phi) is 6.52. The molecule has 0 aliphatic rings. The van der Waals surface area contributed by atoms with E-state index in [9.17, 15) is 22.8 Å². The number of hydrogen-bond donors (Lipinski definition) is 2. The Labute approximate surface area is 163 Å². The number of ether oxygens (including phenoxy) is 1. The van der Waals surface area contributed by atoms with Crippen LogP contribution < -0.4 is 4.72 Å². The molecule has 28 heavy (non-hydrogen) atoms. The molecule has 9 heteroatoms. The van der Waals surface area contributed by atoms with Crippen LogP contribution in [0.15, 0.2) is 35.2 Å². The van der Waals surface area contributed by atoms with Crippen LogP contribution in [0.5, 0.6) is 0 Å². The van der Waals surface area contributed by atoms with Crippen molar-refractivity contribution in [1.82, 2.24) is 9.71 Å². The Morgan fingerprint density at radius 1 is 1.14 bits per heavy atom. The molecule has 0 aliphatic carbocycles. The molecule has 2 rings (SSSR count). The van der Waals surface area contributed by atoms with Crippen molar-refractivity contribution >= 4 is 27.6 Å². The number of aromatic amines is 1. The van der Waals surface area contributed by atoms with Crippen molar-refractivity contribution in [3.05, 3.63) is 52.8 Å². The number of esters is 1. The normalized spacial score (nSPS) is 12.4. The van der Waals surface area contributed by atoms with Crippen molar-refractivity contribution in [1.29, 1.82) is 0 Å². The SMILES string of the molecule is CC(=O)c1c(C)[nH]c(C(=O)COC(=O)C(C)NS(=O)(=O)c2ccccc2)c1C. The average molecular weight is 406 g/mol. The summed E-state index contributed by atoms with van der Waals surface area (Å²) in [5.41, 5.74) is 1.67. The summed E-state index contributed by atoms with van der Waals surface area (Å²) in [6, 6.07) is 6.40. The number of rotatable bonds is 8. The van der Waals surface area contributed by atoms with Gasteiger partial charge in [-0.25, -0.2) is 8.42 Å². The lowest BCUT2D eigenvalue weighted by Crippen LogP contribution is -2.40. The summed E-state index contributed by atoms with van der Waals surface area (Å²) in [5, 5.41) is 0. The molecule has 0 radical (unpaired) electrons. The highest BCUT2D eigenvalue weighted by Gasteiger charge is 2.25. The van der Waals surface area contributed by atoms with E-state index >= 15 is 0 Å². The fourth-order valence-corrected chi connectivity index (χ4v) is 4.05. The highest BCUT2D eigenvalue weighted by Crippen LogP contribution is 2.19. The zero-order chi connectivity index (χ0) is 21.1. The number of nitrogens with one attached hydrogen (secondary N) is 2. The number of aromatic nitrogens is 1. The fourth-order valence-electron chi connectivity index (χ4n) is 2.84. The van der Waals surface area contributed by atoms with E-state index in [1.54, 1.807) is 32.0 Å². The topological polar surface area (TPSA) is 122 Å². The number of sulfonamides is 1. The van der Waals surface area contributed by atoms with Crippen molar-refractivity contribution in [2.75, 3.05) is 6.61 Å². The van der Waals surface area contributed by atoms with Crippen molar-refractivity contribution in [2.24, 2.45) is 0 Å². The van der Waals surface area contributed by atoms with Crippen molar-refractivity contribution < 1.29 is 27.5 Å². The van der Waals surface area contributed by atoms with Crippen LogP contribution in [0.4, 0.5) is 0 Å². The summed E-state index contributed by atoms with van der Waals surface area (Å²) in [5.74, 6) is -1.58. The molecule has 0 aliphatic heterocycles. The van der Waals surface area contributed by atoms with E-state index in [1.807, 2.05) is 0 Å². The van der Waals surface area contributed by atoms with Gasteiger partial charge >= 0.3 is 5.97 Å². The van der Waals surface area contributed by atoms with Crippen molar-refractivity contribution in [2.45, 2.75) is 38.6 Å². The monoisotopic (exact) mass is 406 g/mol. The molecule has 150 valence electrons. The van der Waals surface area contributed by atoms with Gasteiger partial charge < -0.3 is 9.72 Å². The quantitative estimate of drug-likeness (QED) is 0.510. The van der Waals surface area contributed by atoms with Gasteiger partial charge in [-0.3, -0.25) is 14.4 Å². The number of ketones is 2. The van der Waals surface area contributed by atoms with Gasteiger partial charge in [0.15, 0.2) is 12.4 Å². The molecular formula is C19H22N2O6S. The average Bonchev–Trinajstić information content (AvgIpc) is 2.94. The summed E-state index contributed by atoms with van der Waals surface area (Å²) in [6.07, 6.45) is 0. The van der Waals surface area contributed by atoms with Crippen molar-refractivity contribution in [3.8, 4) is 0 Å². The molecule has 0 saturated carbocycles. The molecule has 0 fully saturated rings. The van der Waals surface area contributed by atoms with Gasteiger partial charge in [-0.05, 0) is 45.4 Å². The van der Waals surface area contributed by atoms with Crippen LogP contribution in [0.3, 0.4) is 0 Å². The lowest BCUT2D eigenvalue weighted by Gasteiger charge is -2.13. The van der Waals surface area contributed by atoms with Crippen LogP contribution in [0.2, 0.25) is 0 Å². The summed E-state index contributed by atoms with van der Waals surface area (Å²) in [4.78, 5) is 38.9. The van der Waals surface area contributed by atoms with Gasteiger partial charge in [0.05, 0.1) is 10.6 Å². The van der Waals surface area contributed by atoms with E-state index in [-0.39, 0.29) is 16.4 Å². The van der Waals surface area contributed by atoms with Gasteiger partial charge in [0.2, 0.25) is 15.8 Å². The first-order chi connectivity index (χ1) is 13.0. The number of carbonyl (C=O) groups is 3. The van der Waals surface area contributed by atoms with Gasteiger partial charge in [-0.1, -0.05) is 18.2 Å². The zero-order valence-electron chi connectivity index (χ0n) is 16.0. The van der Waals surface area contributed by atoms with E-state index in [2.05, 4.69) is 9.71 Å². The Morgan fingerprint density at radius 3 is 2.29 bits per heavy atom. The van der Waals surface area contributed by atoms with E-state index < -0.39 is 34.4 Å². The van der Waals surface area contributed by atoms with E-state index in [1.165, 1.54) is 26.0 Å². The maximum atomic E-state index is 12.3. The maximum Gasteiger partial charge on any atom is 0.324 e. The van der Waals surface area contributed by atoms with Gasteiger partial charge in [-0.15, -0.1) is 0 Å². The molecular weight excluding hydrogens is 384 g/mol. The number of hydrogen-bond acceptors (Lipinski definition) is 6. The van der Waals surface area contributed by atoms with E-state index in [0.29, 0.717) is 16.8 Å². The summed E-state index contributed by atoms with van der Waals surface area (Å²) in [7, 11) is -3.89. The van der Waals surface area contributed by atoms with E-state index in [0.717, 1.165) is 0 Å². The molecule has 0 saturated heterocycles. The fraction of sp³-hybridized carbons (Fsp3) is 0.316.